The van der Waals surface area contributed by atoms with Gasteiger partial charge < -0.3 is 30.3 Å². The topological polar surface area (TPSA) is 174 Å². The van der Waals surface area contributed by atoms with Crippen LogP contribution in [0.3, 0.4) is 0 Å². The molecule has 4 N–H and O–H groups in total. The van der Waals surface area contributed by atoms with Gasteiger partial charge in [-0.05, 0) is 51.2 Å². The summed E-state index contributed by atoms with van der Waals surface area (Å²) < 4.78 is 55.2. The molecule has 1 aromatic rings. The number of aliphatic hydroxyl groups is 1. The standard InChI is InChI=1S/C24H37N3O8S2/c1-15(2)12-18(27-23(31)35-14-24(3,4)36-17-8-6-5-7-9-17)21(29)26-19(22(30)37(32,33)34)13-16-10-11-25-20(16)28/h5-9,15-16,18-19,22,30H,10-14H2,1-4H3,(H,25,28)(H,26,29)(H,27,31)(H,32,33,34)/p-1/t16-,18-,19-,22?/m0/s1/i14D2. The summed E-state index contributed by atoms with van der Waals surface area (Å²) in [7, 11) is -5.25. The fourth-order valence-corrected chi connectivity index (χ4v) is 5.30. The minimum atomic E-state index is -5.25. The lowest BCUT2D eigenvalue weighted by molar-refractivity contribution is -0.126. The first kappa shape index (κ1) is 27.7. The molecule has 2 rings (SSSR count). The normalized spacial score (nSPS) is 19.8. The Morgan fingerprint density at radius 1 is 1.30 bits per heavy atom. The van der Waals surface area contributed by atoms with Crippen LogP contribution in [-0.4, -0.2) is 71.4 Å². The van der Waals surface area contributed by atoms with E-state index in [2.05, 4.69) is 16.0 Å². The van der Waals surface area contributed by atoms with Crippen LogP contribution in [0, 0.1) is 11.8 Å². The van der Waals surface area contributed by atoms with Crippen LogP contribution in [0.5, 0.6) is 0 Å². The lowest BCUT2D eigenvalue weighted by atomic mass is 9.97. The van der Waals surface area contributed by atoms with Crippen molar-refractivity contribution in [3.63, 3.8) is 0 Å². The number of benzene rings is 1. The van der Waals surface area contributed by atoms with Gasteiger partial charge in [0.2, 0.25) is 11.8 Å². The summed E-state index contributed by atoms with van der Waals surface area (Å²) in [6.07, 6.45) is -1.18. The van der Waals surface area contributed by atoms with E-state index in [0.29, 0.717) is 13.0 Å². The van der Waals surface area contributed by atoms with Crippen LogP contribution < -0.4 is 16.0 Å². The van der Waals surface area contributed by atoms with Gasteiger partial charge >= 0.3 is 6.09 Å². The first-order valence-electron chi connectivity index (χ1n) is 12.9. The summed E-state index contributed by atoms with van der Waals surface area (Å²) in [4.78, 5) is 38.6. The van der Waals surface area contributed by atoms with E-state index in [-0.39, 0.29) is 18.8 Å². The van der Waals surface area contributed by atoms with Crippen LogP contribution in [0.4, 0.5) is 4.79 Å². The van der Waals surface area contributed by atoms with Gasteiger partial charge in [0.15, 0.2) is 5.44 Å². The molecule has 37 heavy (non-hydrogen) atoms. The molecule has 0 spiro atoms. The van der Waals surface area contributed by atoms with Crippen molar-refractivity contribution in [2.75, 3.05) is 13.1 Å². The highest BCUT2D eigenvalue weighted by Gasteiger charge is 2.35. The fourth-order valence-electron chi connectivity index (χ4n) is 3.76. The molecule has 1 heterocycles. The van der Waals surface area contributed by atoms with Crippen LogP contribution in [0.15, 0.2) is 35.2 Å². The van der Waals surface area contributed by atoms with E-state index in [9.17, 15) is 32.5 Å². The van der Waals surface area contributed by atoms with Crippen molar-refractivity contribution in [1.82, 2.24) is 16.0 Å². The number of nitrogens with one attached hydrogen (secondary N) is 3. The van der Waals surface area contributed by atoms with Gasteiger partial charge in [0, 0.05) is 22.1 Å². The lowest BCUT2D eigenvalue weighted by Crippen LogP contribution is -2.55. The van der Waals surface area contributed by atoms with E-state index >= 15 is 0 Å². The third-order valence-electron chi connectivity index (χ3n) is 5.49. The Morgan fingerprint density at radius 2 is 1.95 bits per heavy atom. The van der Waals surface area contributed by atoms with Crippen molar-refractivity contribution in [1.29, 1.82) is 0 Å². The maximum absolute atomic E-state index is 13.1. The van der Waals surface area contributed by atoms with Crippen molar-refractivity contribution in [3.05, 3.63) is 30.3 Å². The maximum atomic E-state index is 13.1. The zero-order chi connectivity index (χ0) is 29.6. The number of thioether (sulfide) groups is 1. The summed E-state index contributed by atoms with van der Waals surface area (Å²) in [6.45, 7) is 4.47. The Morgan fingerprint density at radius 3 is 2.49 bits per heavy atom. The van der Waals surface area contributed by atoms with E-state index in [1.54, 1.807) is 52.0 Å². The van der Waals surface area contributed by atoms with Crippen LogP contribution in [0.1, 0.15) is 49.7 Å². The van der Waals surface area contributed by atoms with E-state index in [1.807, 2.05) is 6.07 Å². The van der Waals surface area contributed by atoms with Gasteiger partial charge in [-0.15, -0.1) is 11.8 Å². The van der Waals surface area contributed by atoms with Crippen molar-refractivity contribution in [2.45, 2.75) is 74.1 Å². The highest BCUT2D eigenvalue weighted by Crippen LogP contribution is 2.32. The first-order valence-corrected chi connectivity index (χ1v) is 14.2. The first-order chi connectivity index (χ1) is 17.9. The summed E-state index contributed by atoms with van der Waals surface area (Å²) in [5.41, 5.74) is -2.52. The zero-order valence-corrected chi connectivity index (χ0v) is 22.9. The van der Waals surface area contributed by atoms with E-state index in [4.69, 9.17) is 7.48 Å². The molecule has 1 aromatic carbocycles. The van der Waals surface area contributed by atoms with E-state index < -0.39 is 62.8 Å². The van der Waals surface area contributed by atoms with Crippen molar-refractivity contribution in [2.24, 2.45) is 11.8 Å². The number of ether oxygens (including phenoxy) is 1. The second-order valence-electron chi connectivity index (χ2n) is 9.75. The summed E-state index contributed by atoms with van der Waals surface area (Å²) in [5, 5.41) is 17.3. The molecule has 4 atom stereocenters. The number of carbonyl (C=O) groups excluding carboxylic acids is 3. The monoisotopic (exact) mass is 560 g/mol. The summed E-state index contributed by atoms with van der Waals surface area (Å²) >= 11 is 1.15. The summed E-state index contributed by atoms with van der Waals surface area (Å²) in [6, 6.07) is 6.03. The van der Waals surface area contributed by atoms with E-state index in [1.165, 1.54) is 0 Å². The van der Waals surface area contributed by atoms with Crippen molar-refractivity contribution >= 4 is 39.8 Å². The third-order valence-corrected chi connectivity index (χ3v) is 7.51. The van der Waals surface area contributed by atoms with Gasteiger partial charge in [0.05, 0.1) is 8.78 Å². The van der Waals surface area contributed by atoms with Gasteiger partial charge in [-0.25, -0.2) is 13.2 Å². The second-order valence-corrected chi connectivity index (χ2v) is 12.9. The number of amides is 3. The molecular formula is C24H36N3O8S2-. The number of alkyl carbamates (subject to hydrolysis) is 1. The average molecular weight is 561 g/mol. The molecule has 208 valence electrons. The van der Waals surface area contributed by atoms with Gasteiger partial charge in [-0.3, -0.25) is 9.59 Å². The average Bonchev–Trinajstić information content (AvgIpc) is 3.20. The Balaban J connectivity index is 2.16. The third kappa shape index (κ3) is 10.5. The SMILES string of the molecule is [2H]C([2H])(OC(=O)N[C@@H](CC(C)C)C(=O)N[C@@H](C[C@@H]1CCNC1=O)C(O)S(=O)(=O)[O-])C(C)(C)Sc1ccccc1. The molecule has 1 unspecified atom stereocenters. The number of rotatable bonds is 13. The zero-order valence-electron chi connectivity index (χ0n) is 23.2. The summed E-state index contributed by atoms with van der Waals surface area (Å²) in [5.74, 6) is -2.21. The molecule has 0 bridgehead atoms. The highest BCUT2D eigenvalue weighted by molar-refractivity contribution is 8.00. The molecule has 3 amide bonds. The second kappa shape index (κ2) is 13.4. The highest BCUT2D eigenvalue weighted by atomic mass is 32.2. The molecule has 0 aromatic heterocycles. The largest absolute Gasteiger partial charge is 0.746 e. The number of hydrogen-bond donors (Lipinski definition) is 4. The molecule has 1 aliphatic heterocycles. The van der Waals surface area contributed by atoms with Crippen molar-refractivity contribution in [3.8, 4) is 0 Å². The molecule has 0 aliphatic carbocycles. The van der Waals surface area contributed by atoms with Crippen molar-refractivity contribution < 1.29 is 39.9 Å². The van der Waals surface area contributed by atoms with E-state index in [0.717, 1.165) is 16.7 Å². The molecule has 0 saturated carbocycles. The predicted molar refractivity (Wildman–Crippen MR) is 137 cm³/mol. The van der Waals surface area contributed by atoms with Gasteiger partial charge in [-0.2, -0.15) is 0 Å². The molecule has 11 nitrogen and oxygen atoms in total. The Bertz CT molecular complexity index is 1120. The van der Waals surface area contributed by atoms with Gasteiger partial charge in [0.1, 0.15) is 22.7 Å². The molecule has 0 radical (unpaired) electrons. The minimum Gasteiger partial charge on any atom is -0.746 e. The quantitative estimate of drug-likeness (QED) is 0.206. The van der Waals surface area contributed by atoms with Crippen LogP contribution >= 0.6 is 11.8 Å². The fraction of sp³-hybridized carbons (Fsp3) is 0.625. The Kier molecular flexibility index (Phi) is 10.1. The number of carbonyl (C=O) groups is 3. The molecule has 1 saturated heterocycles. The number of aliphatic hydroxyl groups excluding tert-OH is 1. The smallest absolute Gasteiger partial charge is 0.407 e. The minimum absolute atomic E-state index is 0.0446. The van der Waals surface area contributed by atoms with Crippen LogP contribution in [0.2, 0.25) is 0 Å². The van der Waals surface area contributed by atoms with Crippen LogP contribution in [-0.2, 0) is 24.4 Å². The maximum Gasteiger partial charge on any atom is 0.407 e. The Hall–Kier alpha value is -2.35. The molecular weight excluding hydrogens is 522 g/mol. The molecule has 13 heteroatoms. The molecule has 1 fully saturated rings. The van der Waals surface area contributed by atoms with Crippen LogP contribution in [0.25, 0.3) is 0 Å². The Labute approximate surface area is 225 Å². The van der Waals surface area contributed by atoms with Gasteiger partial charge in [-0.1, -0.05) is 32.0 Å². The lowest BCUT2D eigenvalue weighted by Gasteiger charge is -2.30. The predicted octanol–water partition coefficient (Wildman–Crippen LogP) is 1.57. The molecule has 1 aliphatic rings. The van der Waals surface area contributed by atoms with Gasteiger partial charge in [0.25, 0.3) is 0 Å². The number of hydrogen-bond acceptors (Lipinski definition) is 9.